The molecule has 0 aromatic heterocycles. The molecule has 0 saturated heterocycles. The van der Waals surface area contributed by atoms with Crippen LogP contribution in [-0.4, -0.2) is 84.8 Å². The van der Waals surface area contributed by atoms with Crippen LogP contribution >= 0.6 is 0 Å². The van der Waals surface area contributed by atoms with Gasteiger partial charge < -0.3 is 37.9 Å². The van der Waals surface area contributed by atoms with Crippen LogP contribution in [0.15, 0.2) is 103 Å². The van der Waals surface area contributed by atoms with Gasteiger partial charge >= 0.3 is 18.1 Å². The molecule has 60 heavy (non-hydrogen) atoms. The highest BCUT2D eigenvalue weighted by molar-refractivity contribution is 6.09. The average Bonchev–Trinajstić information content (AvgIpc) is 3.24. The number of carbonyl (C=O) groups excluding carboxylic acids is 3. The lowest BCUT2D eigenvalue weighted by molar-refractivity contribution is -0.143. The maximum Gasteiger partial charge on any atom is 0.416 e. The van der Waals surface area contributed by atoms with Crippen molar-refractivity contribution in [1.29, 1.82) is 0 Å². The predicted octanol–water partition coefficient (Wildman–Crippen LogP) is 8.87. The molecule has 316 valence electrons. The van der Waals surface area contributed by atoms with Gasteiger partial charge in [0.1, 0.15) is 37.9 Å². The van der Waals surface area contributed by atoms with Crippen LogP contribution in [0.2, 0.25) is 0 Å². The fourth-order valence-corrected chi connectivity index (χ4v) is 6.02. The van der Waals surface area contributed by atoms with Gasteiger partial charge in [0, 0.05) is 36.1 Å². The standard InChI is InChI=1S/C46H45F3O11/c1-30(50)57-23-19-55-21-25-59-41-18-13-37(29-44(41)60-26-22-56-20-24-58-31(2)51)45(52)34-7-5-32(6-8-34)39-16-11-35(27-42(39)53-3)36-12-17-40(43(28-36)54-4)33-9-14-38(15-10-33)46(47,48)49/h5-18,27-29H,19-26H2,1-4H3. The Morgan fingerprint density at radius 2 is 0.900 bits per heavy atom. The van der Waals surface area contributed by atoms with Gasteiger partial charge in [-0.2, -0.15) is 13.2 Å². The van der Waals surface area contributed by atoms with Gasteiger partial charge in [-0.3, -0.25) is 14.4 Å². The molecular weight excluding hydrogens is 785 g/mol. The smallest absolute Gasteiger partial charge is 0.416 e. The predicted molar refractivity (Wildman–Crippen MR) is 217 cm³/mol. The molecule has 0 bridgehead atoms. The Labute approximate surface area is 345 Å². The molecule has 0 aliphatic heterocycles. The average molecular weight is 831 g/mol. The van der Waals surface area contributed by atoms with Gasteiger partial charge in [0.05, 0.1) is 46.2 Å². The Bertz CT molecular complexity index is 2220. The second-order valence-corrected chi connectivity index (χ2v) is 13.1. The number of esters is 2. The van der Waals surface area contributed by atoms with E-state index in [2.05, 4.69) is 0 Å². The molecule has 0 saturated carbocycles. The van der Waals surface area contributed by atoms with Gasteiger partial charge in [-0.1, -0.05) is 60.7 Å². The molecule has 0 aliphatic carbocycles. The Hall–Kier alpha value is -6.38. The molecule has 5 rings (SSSR count). The van der Waals surface area contributed by atoms with Crippen LogP contribution in [0.5, 0.6) is 23.0 Å². The van der Waals surface area contributed by atoms with Crippen molar-refractivity contribution in [2.75, 3.05) is 67.1 Å². The molecule has 5 aromatic rings. The van der Waals surface area contributed by atoms with Crippen molar-refractivity contribution in [1.82, 2.24) is 0 Å². The van der Waals surface area contributed by atoms with E-state index in [0.29, 0.717) is 45.3 Å². The second-order valence-electron chi connectivity index (χ2n) is 13.1. The highest BCUT2D eigenvalue weighted by Crippen LogP contribution is 2.39. The first kappa shape index (κ1) is 44.7. The molecule has 0 aliphatic rings. The lowest BCUT2D eigenvalue weighted by atomic mass is 9.95. The highest BCUT2D eigenvalue weighted by Gasteiger charge is 2.30. The Balaban J connectivity index is 1.28. The minimum Gasteiger partial charge on any atom is -0.496 e. The van der Waals surface area contributed by atoms with E-state index in [1.54, 1.807) is 43.5 Å². The Morgan fingerprint density at radius 3 is 1.37 bits per heavy atom. The van der Waals surface area contributed by atoms with Crippen LogP contribution in [0.1, 0.15) is 35.3 Å². The number of hydrogen-bond donors (Lipinski definition) is 0. The number of benzene rings is 5. The summed E-state index contributed by atoms with van der Waals surface area (Å²) in [6.45, 7) is 4.00. The first-order valence-corrected chi connectivity index (χ1v) is 18.9. The Morgan fingerprint density at radius 1 is 0.467 bits per heavy atom. The minimum atomic E-state index is -4.43. The van der Waals surface area contributed by atoms with Crippen molar-refractivity contribution in [3.63, 3.8) is 0 Å². The van der Waals surface area contributed by atoms with Crippen LogP contribution in [-0.2, 0) is 34.7 Å². The summed E-state index contributed by atoms with van der Waals surface area (Å²) in [6, 6.07) is 28.1. The number of halogens is 3. The lowest BCUT2D eigenvalue weighted by Crippen LogP contribution is -2.14. The zero-order chi connectivity index (χ0) is 43.1. The number of rotatable bonds is 21. The van der Waals surface area contributed by atoms with Crippen molar-refractivity contribution >= 4 is 17.7 Å². The van der Waals surface area contributed by atoms with Crippen molar-refractivity contribution < 1.29 is 65.4 Å². The molecule has 0 atom stereocenters. The third-order valence-corrected chi connectivity index (χ3v) is 8.96. The van der Waals surface area contributed by atoms with Crippen molar-refractivity contribution in [2.24, 2.45) is 0 Å². The van der Waals surface area contributed by atoms with Gasteiger partial charge in [-0.15, -0.1) is 0 Å². The summed E-state index contributed by atoms with van der Waals surface area (Å²) in [5.74, 6) is 0.740. The van der Waals surface area contributed by atoms with E-state index in [1.165, 1.54) is 33.1 Å². The zero-order valence-electron chi connectivity index (χ0n) is 33.6. The molecule has 0 amide bonds. The monoisotopic (exact) mass is 830 g/mol. The molecule has 0 spiro atoms. The summed E-state index contributed by atoms with van der Waals surface area (Å²) in [7, 11) is 3.07. The SMILES string of the molecule is COc1cc(-c2ccc(-c3ccc(C(F)(F)F)cc3)c(OC)c2)ccc1-c1ccc(C(=O)c2ccc(OCCOCCOC(C)=O)c(OCCOCCOC(C)=O)c2)cc1. The zero-order valence-corrected chi connectivity index (χ0v) is 33.6. The number of ether oxygens (including phenoxy) is 8. The van der Waals surface area contributed by atoms with Gasteiger partial charge in [-0.25, -0.2) is 0 Å². The maximum absolute atomic E-state index is 13.7. The minimum absolute atomic E-state index is 0.116. The molecular formula is C46H45F3O11. The van der Waals surface area contributed by atoms with Crippen molar-refractivity contribution in [2.45, 2.75) is 20.0 Å². The van der Waals surface area contributed by atoms with Crippen molar-refractivity contribution in [3.8, 4) is 56.4 Å². The van der Waals surface area contributed by atoms with Crippen LogP contribution in [0.3, 0.4) is 0 Å². The van der Waals surface area contributed by atoms with Crippen LogP contribution in [0.4, 0.5) is 13.2 Å². The molecule has 5 aromatic carbocycles. The van der Waals surface area contributed by atoms with E-state index in [9.17, 15) is 27.6 Å². The molecule has 11 nitrogen and oxygen atoms in total. The van der Waals surface area contributed by atoms with E-state index < -0.39 is 23.7 Å². The van der Waals surface area contributed by atoms with Gasteiger partial charge in [0.25, 0.3) is 0 Å². The topological polar surface area (TPSA) is 125 Å². The van der Waals surface area contributed by atoms with E-state index in [-0.39, 0.29) is 58.6 Å². The van der Waals surface area contributed by atoms with Gasteiger partial charge in [-0.05, 0) is 64.7 Å². The molecule has 14 heteroatoms. The molecule has 0 N–H and O–H groups in total. The number of alkyl halides is 3. The number of hydrogen-bond acceptors (Lipinski definition) is 11. The van der Waals surface area contributed by atoms with Crippen molar-refractivity contribution in [3.05, 3.63) is 120 Å². The van der Waals surface area contributed by atoms with E-state index >= 15 is 0 Å². The third-order valence-electron chi connectivity index (χ3n) is 8.96. The summed E-state index contributed by atoms with van der Waals surface area (Å²) >= 11 is 0. The summed E-state index contributed by atoms with van der Waals surface area (Å²) in [6.07, 6.45) is -4.43. The maximum atomic E-state index is 13.7. The summed E-state index contributed by atoms with van der Waals surface area (Å²) in [4.78, 5) is 35.6. The molecule has 0 unspecified atom stereocenters. The van der Waals surface area contributed by atoms with Crippen LogP contribution in [0, 0.1) is 0 Å². The molecule has 0 heterocycles. The number of ketones is 1. The van der Waals surface area contributed by atoms with Crippen LogP contribution in [0.25, 0.3) is 33.4 Å². The highest BCUT2D eigenvalue weighted by atomic mass is 19.4. The quantitative estimate of drug-likeness (QED) is 0.0400. The van der Waals surface area contributed by atoms with Crippen LogP contribution < -0.4 is 18.9 Å². The van der Waals surface area contributed by atoms with E-state index in [1.807, 2.05) is 42.5 Å². The lowest BCUT2D eigenvalue weighted by Gasteiger charge is -2.15. The normalized spacial score (nSPS) is 11.1. The largest absolute Gasteiger partial charge is 0.496 e. The van der Waals surface area contributed by atoms with E-state index in [4.69, 9.17) is 37.9 Å². The fourth-order valence-electron chi connectivity index (χ4n) is 6.02. The molecule has 0 radical (unpaired) electrons. The third kappa shape index (κ3) is 12.6. The van der Waals surface area contributed by atoms with E-state index in [0.717, 1.165) is 34.4 Å². The summed E-state index contributed by atoms with van der Waals surface area (Å²) in [5, 5.41) is 0. The fraction of sp³-hybridized carbons (Fsp3) is 0.283. The Kier molecular flexibility index (Phi) is 16.1. The van der Waals surface area contributed by atoms with Gasteiger partial charge in [0.2, 0.25) is 0 Å². The number of carbonyl (C=O) groups is 3. The molecule has 0 fully saturated rings. The summed E-state index contributed by atoms with van der Waals surface area (Å²) in [5.41, 5.74) is 4.54. The summed E-state index contributed by atoms with van der Waals surface area (Å²) < 4.78 is 83.2. The number of methoxy groups -OCH3 is 2. The first-order chi connectivity index (χ1) is 28.9. The van der Waals surface area contributed by atoms with Gasteiger partial charge in [0.15, 0.2) is 17.3 Å². The first-order valence-electron chi connectivity index (χ1n) is 18.9. The second kappa shape index (κ2) is 21.6.